The van der Waals surface area contributed by atoms with Crippen molar-refractivity contribution in [2.75, 3.05) is 52.6 Å². The topological polar surface area (TPSA) is 29.5 Å². The first kappa shape index (κ1) is 16.7. The van der Waals surface area contributed by atoms with Crippen molar-refractivity contribution in [3.63, 3.8) is 0 Å². The first-order valence-electron chi connectivity index (χ1n) is 7.51. The lowest BCUT2D eigenvalue weighted by Gasteiger charge is -2.41. The number of benzene rings is 1. The SMILES string of the molecule is COc1cccc([C@@]2(O)CC[S+](C)C[C@@H]2C[N+](C)(C)C)c1. The van der Waals surface area contributed by atoms with Crippen LogP contribution in [0.2, 0.25) is 0 Å². The minimum atomic E-state index is -0.723. The van der Waals surface area contributed by atoms with Gasteiger partial charge in [0.2, 0.25) is 0 Å². The number of ether oxygens (including phenoxy) is 1. The Labute approximate surface area is 131 Å². The molecule has 0 aliphatic carbocycles. The molecule has 2 rings (SSSR count). The van der Waals surface area contributed by atoms with Crippen molar-refractivity contribution in [1.29, 1.82) is 0 Å². The first-order chi connectivity index (χ1) is 9.74. The van der Waals surface area contributed by atoms with Crippen LogP contribution in [0.15, 0.2) is 24.3 Å². The minimum Gasteiger partial charge on any atom is -0.497 e. The number of rotatable bonds is 4. The van der Waals surface area contributed by atoms with Crippen LogP contribution in [0.3, 0.4) is 0 Å². The van der Waals surface area contributed by atoms with Crippen LogP contribution in [0.4, 0.5) is 0 Å². The molecule has 0 radical (unpaired) electrons. The Bertz CT molecular complexity index is 486. The van der Waals surface area contributed by atoms with Crippen molar-refractivity contribution in [3.8, 4) is 5.75 Å². The summed E-state index contributed by atoms with van der Waals surface area (Å²) in [6.07, 6.45) is 3.18. The second kappa shape index (κ2) is 6.19. The molecule has 0 amide bonds. The molecule has 3 nitrogen and oxygen atoms in total. The largest absolute Gasteiger partial charge is 0.497 e. The molecular weight excluding hydrogens is 282 g/mol. The second-order valence-corrected chi connectivity index (χ2v) is 9.53. The van der Waals surface area contributed by atoms with Gasteiger partial charge < -0.3 is 14.3 Å². The quantitative estimate of drug-likeness (QED) is 0.679. The highest BCUT2D eigenvalue weighted by Gasteiger charge is 2.48. The smallest absolute Gasteiger partial charge is 0.119 e. The van der Waals surface area contributed by atoms with E-state index in [0.29, 0.717) is 16.8 Å². The molecule has 1 heterocycles. The summed E-state index contributed by atoms with van der Waals surface area (Å²) in [5.41, 5.74) is 0.288. The normalized spacial score (nSPS) is 30.2. The fraction of sp³-hybridized carbons (Fsp3) is 0.647. The van der Waals surface area contributed by atoms with Crippen LogP contribution in [0, 0.1) is 5.92 Å². The number of nitrogens with zero attached hydrogens (tertiary/aromatic N) is 1. The van der Waals surface area contributed by atoms with E-state index in [1.165, 1.54) is 0 Å². The lowest BCUT2D eigenvalue weighted by Crippen LogP contribution is -2.53. The van der Waals surface area contributed by atoms with Gasteiger partial charge in [0.15, 0.2) is 0 Å². The average Bonchev–Trinajstić information content (AvgIpc) is 2.41. The molecule has 1 fully saturated rings. The maximum Gasteiger partial charge on any atom is 0.119 e. The van der Waals surface area contributed by atoms with Crippen LogP contribution in [-0.4, -0.2) is 62.1 Å². The van der Waals surface area contributed by atoms with Crippen molar-refractivity contribution < 1.29 is 14.3 Å². The molecular formula is C17H29NO2S+2. The Hall–Kier alpha value is -0.710. The summed E-state index contributed by atoms with van der Waals surface area (Å²) in [7, 11) is 8.70. The number of methoxy groups -OCH3 is 1. The third kappa shape index (κ3) is 3.93. The number of hydrogen-bond acceptors (Lipinski definition) is 2. The highest BCUT2D eigenvalue weighted by atomic mass is 32.2. The van der Waals surface area contributed by atoms with Crippen LogP contribution in [0.5, 0.6) is 5.75 Å². The van der Waals surface area contributed by atoms with Crippen molar-refractivity contribution in [2.45, 2.75) is 12.0 Å². The fourth-order valence-electron chi connectivity index (χ4n) is 3.24. The van der Waals surface area contributed by atoms with E-state index in [1.54, 1.807) is 7.11 Å². The van der Waals surface area contributed by atoms with E-state index in [4.69, 9.17) is 4.74 Å². The molecule has 1 aromatic carbocycles. The summed E-state index contributed by atoms with van der Waals surface area (Å²) in [4.78, 5) is 0. The van der Waals surface area contributed by atoms with Gasteiger partial charge >= 0.3 is 0 Å². The number of hydrogen-bond donors (Lipinski definition) is 1. The highest BCUT2D eigenvalue weighted by molar-refractivity contribution is 7.96. The summed E-state index contributed by atoms with van der Waals surface area (Å²) in [5, 5.41) is 11.4. The lowest BCUT2D eigenvalue weighted by molar-refractivity contribution is -0.874. The van der Waals surface area contributed by atoms with Gasteiger partial charge in [-0.2, -0.15) is 0 Å². The molecule has 1 unspecified atom stereocenters. The van der Waals surface area contributed by atoms with Crippen LogP contribution in [-0.2, 0) is 16.5 Å². The van der Waals surface area contributed by atoms with Crippen molar-refractivity contribution in [1.82, 2.24) is 0 Å². The molecule has 1 aromatic rings. The molecule has 0 spiro atoms. The van der Waals surface area contributed by atoms with Gasteiger partial charge in [-0.25, -0.2) is 0 Å². The molecule has 0 aromatic heterocycles. The first-order valence-corrected chi connectivity index (χ1v) is 9.48. The number of aliphatic hydroxyl groups is 1. The monoisotopic (exact) mass is 311 g/mol. The Balaban J connectivity index is 2.34. The van der Waals surface area contributed by atoms with Gasteiger partial charge in [0.05, 0.1) is 47.0 Å². The molecule has 3 atom stereocenters. The van der Waals surface area contributed by atoms with Gasteiger partial charge in [0, 0.05) is 6.42 Å². The Kier molecular flexibility index (Phi) is 4.91. The van der Waals surface area contributed by atoms with Crippen LogP contribution < -0.4 is 4.74 Å². The van der Waals surface area contributed by atoms with Crippen LogP contribution in [0.1, 0.15) is 12.0 Å². The third-order valence-corrected chi connectivity index (χ3v) is 6.20. The zero-order valence-electron chi connectivity index (χ0n) is 13.9. The Morgan fingerprint density at radius 3 is 2.71 bits per heavy atom. The molecule has 4 heteroatoms. The summed E-state index contributed by atoms with van der Waals surface area (Å²) in [6, 6.07) is 7.97. The fourth-order valence-corrected chi connectivity index (χ4v) is 5.13. The van der Waals surface area contributed by atoms with E-state index in [2.05, 4.69) is 27.4 Å². The molecule has 1 saturated heterocycles. The van der Waals surface area contributed by atoms with Crippen molar-refractivity contribution in [3.05, 3.63) is 29.8 Å². The van der Waals surface area contributed by atoms with Gasteiger partial charge in [-0.1, -0.05) is 12.1 Å². The maximum atomic E-state index is 11.4. The van der Waals surface area contributed by atoms with Crippen molar-refractivity contribution >= 4 is 10.9 Å². The van der Waals surface area contributed by atoms with Gasteiger partial charge in [-0.15, -0.1) is 0 Å². The molecule has 118 valence electrons. The molecule has 0 saturated carbocycles. The summed E-state index contributed by atoms with van der Waals surface area (Å²) in [6.45, 7) is 0.991. The van der Waals surface area contributed by atoms with E-state index < -0.39 is 5.60 Å². The highest BCUT2D eigenvalue weighted by Crippen LogP contribution is 2.40. The Morgan fingerprint density at radius 2 is 2.10 bits per heavy atom. The average molecular weight is 311 g/mol. The van der Waals surface area contributed by atoms with E-state index in [0.717, 1.165) is 40.3 Å². The van der Waals surface area contributed by atoms with E-state index in [1.807, 2.05) is 24.3 Å². The van der Waals surface area contributed by atoms with Gasteiger partial charge in [-0.05, 0) is 28.6 Å². The standard InChI is InChI=1S/C17H29NO2S/c1-18(2,3)12-15-13-21(5)10-9-17(15,19)14-7-6-8-16(11-14)20-4/h6-8,11,15,19H,9-10,12-13H2,1-5H3/q+2/t15-,17-,21?/m0/s1. The van der Waals surface area contributed by atoms with E-state index >= 15 is 0 Å². The molecule has 1 N–H and O–H groups in total. The Morgan fingerprint density at radius 1 is 1.38 bits per heavy atom. The lowest BCUT2D eigenvalue weighted by atomic mass is 9.79. The molecule has 1 aliphatic rings. The summed E-state index contributed by atoms with van der Waals surface area (Å²) >= 11 is 0. The minimum absolute atomic E-state index is 0.298. The second-order valence-electron chi connectivity index (χ2n) is 7.23. The van der Waals surface area contributed by atoms with Crippen LogP contribution >= 0.6 is 0 Å². The molecule has 21 heavy (non-hydrogen) atoms. The maximum absolute atomic E-state index is 11.4. The molecule has 1 aliphatic heterocycles. The predicted molar refractivity (Wildman–Crippen MR) is 90.9 cm³/mol. The van der Waals surface area contributed by atoms with Gasteiger partial charge in [-0.3, -0.25) is 0 Å². The number of quaternary nitrogens is 1. The van der Waals surface area contributed by atoms with Gasteiger partial charge in [0.25, 0.3) is 0 Å². The summed E-state index contributed by atoms with van der Waals surface area (Å²) < 4.78 is 6.22. The van der Waals surface area contributed by atoms with E-state index in [9.17, 15) is 5.11 Å². The summed E-state index contributed by atoms with van der Waals surface area (Å²) in [5.74, 6) is 3.35. The van der Waals surface area contributed by atoms with Gasteiger partial charge in [0.1, 0.15) is 22.9 Å². The van der Waals surface area contributed by atoms with Crippen LogP contribution in [0.25, 0.3) is 0 Å². The molecule has 0 bridgehead atoms. The van der Waals surface area contributed by atoms with E-state index in [-0.39, 0.29) is 0 Å². The third-order valence-electron chi connectivity index (χ3n) is 4.33. The zero-order chi connectivity index (χ0) is 15.7. The predicted octanol–water partition coefficient (Wildman–Crippen LogP) is 1.86. The van der Waals surface area contributed by atoms with Crippen molar-refractivity contribution in [2.24, 2.45) is 5.92 Å². The zero-order valence-corrected chi connectivity index (χ0v) is 14.7.